The summed E-state index contributed by atoms with van der Waals surface area (Å²) in [5.41, 5.74) is 3.02. The molecule has 18 heavy (non-hydrogen) atoms. The van der Waals surface area contributed by atoms with Crippen LogP contribution in [-0.2, 0) is 11.3 Å². The molecule has 0 aliphatic carbocycles. The number of nitrogens with zero attached hydrogens (tertiary/aromatic N) is 2. The first-order valence-electron chi connectivity index (χ1n) is 5.90. The Bertz CT molecular complexity index is 546. The van der Waals surface area contributed by atoms with Gasteiger partial charge in [0.15, 0.2) is 0 Å². The van der Waals surface area contributed by atoms with E-state index in [0.717, 1.165) is 16.8 Å². The molecule has 1 aromatic carbocycles. The number of aliphatic carboxylic acids is 1. The average molecular weight is 244 g/mol. The molecule has 1 atom stereocenters. The fourth-order valence-electron chi connectivity index (χ4n) is 1.85. The van der Waals surface area contributed by atoms with Gasteiger partial charge in [-0.25, -0.2) is 0 Å². The van der Waals surface area contributed by atoms with Gasteiger partial charge in [0, 0.05) is 11.8 Å². The van der Waals surface area contributed by atoms with E-state index in [0.29, 0.717) is 6.54 Å². The van der Waals surface area contributed by atoms with Crippen LogP contribution < -0.4 is 0 Å². The Morgan fingerprint density at radius 3 is 2.67 bits per heavy atom. The molecule has 1 heterocycles. The molecule has 0 spiro atoms. The van der Waals surface area contributed by atoms with Gasteiger partial charge in [-0.1, -0.05) is 37.3 Å². The lowest BCUT2D eigenvalue weighted by atomic mass is 10.1. The highest BCUT2D eigenvalue weighted by atomic mass is 16.4. The third kappa shape index (κ3) is 2.59. The van der Waals surface area contributed by atoms with Crippen molar-refractivity contribution in [2.75, 3.05) is 0 Å². The average Bonchev–Trinajstić information content (AvgIpc) is 2.71. The number of aromatic nitrogens is 2. The van der Waals surface area contributed by atoms with Gasteiger partial charge < -0.3 is 5.11 Å². The number of aryl methyl sites for hydroxylation is 1. The maximum Gasteiger partial charge on any atom is 0.308 e. The van der Waals surface area contributed by atoms with Gasteiger partial charge in [0.1, 0.15) is 0 Å². The molecule has 4 nitrogen and oxygen atoms in total. The van der Waals surface area contributed by atoms with Crippen LogP contribution >= 0.6 is 0 Å². The Morgan fingerprint density at radius 1 is 1.39 bits per heavy atom. The lowest BCUT2D eigenvalue weighted by Gasteiger charge is -2.05. The number of carboxylic acid groups (broad SMARTS) is 1. The number of benzene rings is 1. The highest BCUT2D eigenvalue weighted by Crippen LogP contribution is 2.21. The summed E-state index contributed by atoms with van der Waals surface area (Å²) in [6, 6.07) is 9.89. The van der Waals surface area contributed by atoms with Crippen molar-refractivity contribution in [3.63, 3.8) is 0 Å². The largest absolute Gasteiger partial charge is 0.481 e. The van der Waals surface area contributed by atoms with E-state index in [1.807, 2.05) is 43.5 Å². The van der Waals surface area contributed by atoms with E-state index in [1.165, 1.54) is 0 Å². The van der Waals surface area contributed by atoms with Crippen LogP contribution in [0.2, 0.25) is 0 Å². The number of hydrogen-bond donors (Lipinski definition) is 1. The van der Waals surface area contributed by atoms with Crippen LogP contribution in [0, 0.1) is 12.8 Å². The SMILES string of the molecule is Cc1cn(CC(C)C(=O)O)nc1-c1ccccc1. The molecular formula is C14H16N2O2. The summed E-state index contributed by atoms with van der Waals surface area (Å²) in [6.07, 6.45) is 1.89. The third-order valence-corrected chi connectivity index (χ3v) is 2.87. The molecule has 1 N–H and O–H groups in total. The van der Waals surface area contributed by atoms with Crippen molar-refractivity contribution in [1.82, 2.24) is 9.78 Å². The molecule has 0 aliphatic heterocycles. The summed E-state index contributed by atoms with van der Waals surface area (Å²) in [5.74, 6) is -1.24. The molecule has 0 radical (unpaired) electrons. The van der Waals surface area contributed by atoms with Crippen LogP contribution in [0.1, 0.15) is 12.5 Å². The fraction of sp³-hybridized carbons (Fsp3) is 0.286. The van der Waals surface area contributed by atoms with Crippen molar-refractivity contribution in [3.8, 4) is 11.3 Å². The first-order chi connectivity index (χ1) is 8.58. The molecule has 0 aliphatic rings. The van der Waals surface area contributed by atoms with E-state index in [4.69, 9.17) is 5.11 Å². The molecule has 0 saturated heterocycles. The zero-order valence-electron chi connectivity index (χ0n) is 10.5. The molecular weight excluding hydrogens is 228 g/mol. The van der Waals surface area contributed by atoms with Gasteiger partial charge in [-0.3, -0.25) is 9.48 Å². The molecule has 4 heteroatoms. The number of carbonyl (C=O) groups is 1. The summed E-state index contributed by atoms with van der Waals surface area (Å²) in [7, 11) is 0. The number of rotatable bonds is 4. The highest BCUT2D eigenvalue weighted by Gasteiger charge is 2.14. The second kappa shape index (κ2) is 5.04. The molecule has 0 saturated carbocycles. The predicted molar refractivity (Wildman–Crippen MR) is 69.2 cm³/mol. The standard InChI is InChI=1S/C14H16N2O2/c1-10-8-16(9-11(2)14(17)18)15-13(10)12-6-4-3-5-7-12/h3-8,11H,9H2,1-2H3,(H,17,18). The van der Waals surface area contributed by atoms with Gasteiger partial charge in [-0.15, -0.1) is 0 Å². The van der Waals surface area contributed by atoms with E-state index in [-0.39, 0.29) is 0 Å². The van der Waals surface area contributed by atoms with Gasteiger partial charge >= 0.3 is 5.97 Å². The van der Waals surface area contributed by atoms with E-state index >= 15 is 0 Å². The monoisotopic (exact) mass is 244 g/mol. The Labute approximate surface area is 106 Å². The Balaban J connectivity index is 2.25. The Hall–Kier alpha value is -2.10. The molecule has 0 amide bonds. The number of carboxylic acids is 1. The first kappa shape index (κ1) is 12.4. The van der Waals surface area contributed by atoms with Crippen LogP contribution in [0.3, 0.4) is 0 Å². The minimum Gasteiger partial charge on any atom is -0.481 e. The molecule has 1 unspecified atom stereocenters. The van der Waals surface area contributed by atoms with Crippen LogP contribution in [0.5, 0.6) is 0 Å². The van der Waals surface area contributed by atoms with E-state index in [9.17, 15) is 4.79 Å². The summed E-state index contributed by atoms with van der Waals surface area (Å²) in [6.45, 7) is 4.06. The topological polar surface area (TPSA) is 55.1 Å². The smallest absolute Gasteiger partial charge is 0.308 e. The van der Waals surface area contributed by atoms with E-state index in [1.54, 1.807) is 11.6 Å². The molecule has 0 bridgehead atoms. The van der Waals surface area contributed by atoms with Gasteiger partial charge in [-0.2, -0.15) is 5.10 Å². The van der Waals surface area contributed by atoms with E-state index in [2.05, 4.69) is 5.10 Å². The van der Waals surface area contributed by atoms with Crippen molar-refractivity contribution in [3.05, 3.63) is 42.1 Å². The zero-order chi connectivity index (χ0) is 13.1. The van der Waals surface area contributed by atoms with Crippen LogP contribution in [0.25, 0.3) is 11.3 Å². The van der Waals surface area contributed by atoms with Crippen molar-refractivity contribution in [1.29, 1.82) is 0 Å². The van der Waals surface area contributed by atoms with Gasteiger partial charge in [-0.05, 0) is 12.5 Å². The highest BCUT2D eigenvalue weighted by molar-refractivity contribution is 5.69. The lowest BCUT2D eigenvalue weighted by Crippen LogP contribution is -2.17. The van der Waals surface area contributed by atoms with Crippen LogP contribution in [0.15, 0.2) is 36.5 Å². The summed E-state index contributed by atoms with van der Waals surface area (Å²) in [5, 5.41) is 13.4. The quantitative estimate of drug-likeness (QED) is 0.899. The summed E-state index contributed by atoms with van der Waals surface area (Å²) >= 11 is 0. The van der Waals surface area contributed by atoms with Crippen molar-refractivity contribution >= 4 is 5.97 Å². The van der Waals surface area contributed by atoms with Crippen molar-refractivity contribution in [2.45, 2.75) is 20.4 Å². The maximum atomic E-state index is 10.8. The molecule has 94 valence electrons. The summed E-state index contributed by atoms with van der Waals surface area (Å²) in [4.78, 5) is 10.8. The minimum atomic E-state index is -0.801. The predicted octanol–water partition coefficient (Wildman–Crippen LogP) is 2.58. The van der Waals surface area contributed by atoms with Crippen molar-refractivity contribution < 1.29 is 9.90 Å². The normalized spacial score (nSPS) is 12.3. The summed E-state index contributed by atoms with van der Waals surface area (Å²) < 4.78 is 1.70. The Morgan fingerprint density at radius 2 is 2.06 bits per heavy atom. The van der Waals surface area contributed by atoms with Gasteiger partial charge in [0.2, 0.25) is 0 Å². The maximum absolute atomic E-state index is 10.8. The molecule has 1 aromatic heterocycles. The third-order valence-electron chi connectivity index (χ3n) is 2.87. The van der Waals surface area contributed by atoms with Crippen LogP contribution in [-0.4, -0.2) is 20.9 Å². The van der Waals surface area contributed by atoms with Gasteiger partial charge in [0.05, 0.1) is 18.2 Å². The Kier molecular flexibility index (Phi) is 3.46. The molecule has 2 rings (SSSR count). The molecule has 2 aromatic rings. The van der Waals surface area contributed by atoms with Crippen molar-refractivity contribution in [2.24, 2.45) is 5.92 Å². The lowest BCUT2D eigenvalue weighted by molar-refractivity contribution is -0.141. The van der Waals surface area contributed by atoms with Gasteiger partial charge in [0.25, 0.3) is 0 Å². The zero-order valence-corrected chi connectivity index (χ0v) is 10.5. The second-order valence-electron chi connectivity index (χ2n) is 4.49. The molecule has 0 fully saturated rings. The second-order valence-corrected chi connectivity index (χ2v) is 4.49. The van der Waals surface area contributed by atoms with E-state index < -0.39 is 11.9 Å². The number of hydrogen-bond acceptors (Lipinski definition) is 2. The minimum absolute atomic E-state index is 0.392. The fourth-order valence-corrected chi connectivity index (χ4v) is 1.85. The van der Waals surface area contributed by atoms with Crippen LogP contribution in [0.4, 0.5) is 0 Å². The first-order valence-corrected chi connectivity index (χ1v) is 5.90.